The van der Waals surface area contributed by atoms with Gasteiger partial charge in [0.15, 0.2) is 0 Å². The lowest BCUT2D eigenvalue weighted by molar-refractivity contribution is -0.165. The van der Waals surface area contributed by atoms with Crippen LogP contribution < -0.4 is 22.6 Å². The zero-order valence-electron chi connectivity index (χ0n) is 24.4. The standard InChI is InChI=1S/C29H41F2N5O8S/c1-15(39)25(36(34)11-21(33)17-5-3-7-19(31)9-17)27(41)22(12-37)43-14-45-29-28(42)24(26(40)23(13-38)44-29)35-10-20(32)16-4-2-6-18(30)8-16/h2-11,15,22-29,35,37-42H,12-14,32-34H2,1H3/b20-10-,21-11-. The monoisotopic (exact) mass is 657 g/mol. The molecule has 0 aliphatic carbocycles. The fourth-order valence-corrected chi connectivity index (χ4v) is 5.71. The molecule has 45 heavy (non-hydrogen) atoms. The van der Waals surface area contributed by atoms with Crippen molar-refractivity contribution in [2.24, 2.45) is 17.3 Å². The lowest BCUT2D eigenvalue weighted by Gasteiger charge is -2.42. The number of nitrogens with two attached hydrogens (primary N) is 3. The molecule has 1 heterocycles. The minimum atomic E-state index is -1.56. The van der Waals surface area contributed by atoms with E-state index in [1.165, 1.54) is 55.7 Å². The van der Waals surface area contributed by atoms with E-state index in [0.29, 0.717) is 11.1 Å². The summed E-state index contributed by atoms with van der Waals surface area (Å²) in [6.45, 7) is 0.0837. The summed E-state index contributed by atoms with van der Waals surface area (Å²) in [7, 11) is 0. The van der Waals surface area contributed by atoms with Gasteiger partial charge in [-0.3, -0.25) is 0 Å². The maximum atomic E-state index is 13.6. The number of nitrogens with zero attached hydrogens (tertiary/aromatic N) is 1. The fraction of sp³-hybridized carbons (Fsp3) is 0.448. The predicted molar refractivity (Wildman–Crippen MR) is 164 cm³/mol. The minimum absolute atomic E-state index is 0.0478. The van der Waals surface area contributed by atoms with E-state index in [-0.39, 0.29) is 17.3 Å². The lowest BCUT2D eigenvalue weighted by Crippen LogP contribution is -2.62. The molecular weight excluding hydrogens is 616 g/mol. The molecule has 0 saturated carbocycles. The van der Waals surface area contributed by atoms with Gasteiger partial charge >= 0.3 is 0 Å². The first-order valence-electron chi connectivity index (χ1n) is 13.9. The summed E-state index contributed by atoms with van der Waals surface area (Å²) >= 11 is 0.907. The van der Waals surface area contributed by atoms with Crippen LogP contribution in [0.1, 0.15) is 18.1 Å². The van der Waals surface area contributed by atoms with Crippen molar-refractivity contribution in [1.29, 1.82) is 0 Å². The van der Waals surface area contributed by atoms with Gasteiger partial charge in [0.2, 0.25) is 0 Å². The van der Waals surface area contributed by atoms with Gasteiger partial charge in [0.1, 0.15) is 47.6 Å². The second-order valence-electron chi connectivity index (χ2n) is 10.4. The van der Waals surface area contributed by atoms with Crippen molar-refractivity contribution in [2.75, 3.05) is 19.2 Å². The summed E-state index contributed by atoms with van der Waals surface area (Å²) < 4.78 is 38.5. The van der Waals surface area contributed by atoms with Crippen molar-refractivity contribution in [3.05, 3.63) is 83.7 Å². The average molecular weight is 658 g/mol. The number of benzene rings is 2. The number of nitrogens with one attached hydrogen (secondary N) is 1. The van der Waals surface area contributed by atoms with Crippen LogP contribution in [0.2, 0.25) is 0 Å². The van der Waals surface area contributed by atoms with E-state index in [1.807, 2.05) is 0 Å². The molecule has 16 heteroatoms. The van der Waals surface area contributed by atoms with Crippen LogP contribution in [0.4, 0.5) is 8.78 Å². The Labute approximate surface area is 263 Å². The largest absolute Gasteiger partial charge is 0.397 e. The number of hydrogen-bond donors (Lipinski definition) is 10. The van der Waals surface area contributed by atoms with E-state index in [1.54, 1.807) is 12.1 Å². The van der Waals surface area contributed by atoms with Gasteiger partial charge in [-0.05, 0) is 31.2 Å². The topological polar surface area (TPSA) is 233 Å². The average Bonchev–Trinajstić information content (AvgIpc) is 2.99. The Bertz CT molecular complexity index is 1290. The number of halogens is 2. The van der Waals surface area contributed by atoms with Crippen LogP contribution in [0.5, 0.6) is 0 Å². The zero-order valence-corrected chi connectivity index (χ0v) is 25.3. The molecule has 1 aliphatic heterocycles. The Morgan fingerprint density at radius 2 is 1.64 bits per heavy atom. The Kier molecular flexibility index (Phi) is 13.8. The maximum absolute atomic E-state index is 13.6. The zero-order chi connectivity index (χ0) is 33.3. The normalized spacial score (nSPS) is 25.3. The molecule has 0 spiro atoms. The van der Waals surface area contributed by atoms with Gasteiger partial charge < -0.3 is 61.9 Å². The number of hydrazine groups is 1. The van der Waals surface area contributed by atoms with Gasteiger partial charge in [0.05, 0.1) is 48.7 Å². The van der Waals surface area contributed by atoms with Gasteiger partial charge in [-0.1, -0.05) is 36.0 Å². The van der Waals surface area contributed by atoms with Crippen LogP contribution in [-0.2, 0) is 9.47 Å². The van der Waals surface area contributed by atoms with Crippen molar-refractivity contribution in [1.82, 2.24) is 10.3 Å². The van der Waals surface area contributed by atoms with Crippen LogP contribution >= 0.6 is 11.8 Å². The van der Waals surface area contributed by atoms with E-state index < -0.39 is 79.0 Å². The molecule has 9 unspecified atom stereocenters. The van der Waals surface area contributed by atoms with E-state index in [4.69, 9.17) is 26.8 Å². The van der Waals surface area contributed by atoms with Crippen LogP contribution in [-0.4, -0.2) is 109 Å². The summed E-state index contributed by atoms with van der Waals surface area (Å²) in [5.41, 5.74) is 11.8. The molecule has 2 aromatic carbocycles. The number of hydrogen-bond acceptors (Lipinski definition) is 14. The first-order chi connectivity index (χ1) is 21.4. The molecule has 9 atom stereocenters. The molecule has 0 bridgehead atoms. The van der Waals surface area contributed by atoms with E-state index in [9.17, 15) is 39.4 Å². The molecule has 13 nitrogen and oxygen atoms in total. The third-order valence-electron chi connectivity index (χ3n) is 7.18. The number of aliphatic hydroxyl groups is 6. The van der Waals surface area contributed by atoms with Gasteiger partial charge in [0.25, 0.3) is 0 Å². The second-order valence-corrected chi connectivity index (χ2v) is 11.5. The van der Waals surface area contributed by atoms with Crippen LogP contribution in [0.25, 0.3) is 11.4 Å². The highest BCUT2D eigenvalue weighted by Crippen LogP contribution is 2.29. The molecule has 13 N–H and O–H groups in total. The van der Waals surface area contributed by atoms with Crippen molar-refractivity contribution >= 4 is 23.2 Å². The highest BCUT2D eigenvalue weighted by Gasteiger charge is 2.44. The van der Waals surface area contributed by atoms with Gasteiger partial charge in [0, 0.05) is 23.5 Å². The second kappa shape index (κ2) is 17.0. The molecule has 1 saturated heterocycles. The van der Waals surface area contributed by atoms with Crippen molar-refractivity contribution < 1.29 is 48.9 Å². The van der Waals surface area contributed by atoms with E-state index in [0.717, 1.165) is 16.8 Å². The Hall–Kier alpha value is -3.03. The third-order valence-corrected chi connectivity index (χ3v) is 8.17. The van der Waals surface area contributed by atoms with Crippen molar-refractivity contribution in [2.45, 2.75) is 61.1 Å². The first-order valence-corrected chi connectivity index (χ1v) is 15.0. The van der Waals surface area contributed by atoms with E-state index >= 15 is 0 Å². The van der Waals surface area contributed by atoms with Gasteiger partial charge in [-0.15, -0.1) is 0 Å². The van der Waals surface area contributed by atoms with Crippen LogP contribution in [0, 0.1) is 11.6 Å². The highest BCUT2D eigenvalue weighted by atomic mass is 32.2. The lowest BCUT2D eigenvalue weighted by atomic mass is 9.97. The smallest absolute Gasteiger partial charge is 0.133 e. The Balaban J connectivity index is 1.66. The van der Waals surface area contributed by atoms with Gasteiger partial charge in [-0.25, -0.2) is 14.6 Å². The molecule has 1 aliphatic rings. The number of rotatable bonds is 15. The quantitative estimate of drug-likeness (QED) is 0.0625. The number of aliphatic hydroxyl groups excluding tert-OH is 6. The first kappa shape index (κ1) is 36.4. The number of thioether (sulfide) groups is 1. The molecule has 2 aromatic rings. The molecule has 250 valence electrons. The fourth-order valence-electron chi connectivity index (χ4n) is 4.73. The summed E-state index contributed by atoms with van der Waals surface area (Å²) in [5.74, 6) is 4.80. The van der Waals surface area contributed by atoms with Crippen LogP contribution in [0.15, 0.2) is 60.9 Å². The van der Waals surface area contributed by atoms with Crippen molar-refractivity contribution in [3.8, 4) is 0 Å². The molecule has 0 radical (unpaired) electrons. The highest BCUT2D eigenvalue weighted by molar-refractivity contribution is 7.99. The third kappa shape index (κ3) is 9.73. The van der Waals surface area contributed by atoms with Crippen molar-refractivity contribution in [3.63, 3.8) is 0 Å². The van der Waals surface area contributed by atoms with E-state index in [2.05, 4.69) is 5.32 Å². The summed E-state index contributed by atoms with van der Waals surface area (Å²) in [6, 6.07) is 8.64. The van der Waals surface area contributed by atoms with Crippen LogP contribution in [0.3, 0.4) is 0 Å². The molecule has 1 fully saturated rings. The summed E-state index contributed by atoms with van der Waals surface area (Å²) in [4.78, 5) is 0. The summed E-state index contributed by atoms with van der Waals surface area (Å²) in [5, 5.41) is 66.5. The molecule has 3 rings (SSSR count). The summed E-state index contributed by atoms with van der Waals surface area (Å²) in [6.07, 6.45) is -5.43. The molecule has 0 amide bonds. The predicted octanol–water partition coefficient (Wildman–Crippen LogP) is -1.07. The minimum Gasteiger partial charge on any atom is -0.397 e. The maximum Gasteiger partial charge on any atom is 0.133 e. The molecular formula is C29H41F2N5O8S. The Morgan fingerprint density at radius 3 is 2.18 bits per heavy atom. The SMILES string of the molecule is CC(O)C(C(O)C(CO)OCSC1OC(CO)C(O)C(N/C=C(\N)c2cccc(F)c2)C1O)N(N)/C=C(\N)c1cccc(F)c1. The van der Waals surface area contributed by atoms with Gasteiger partial charge in [-0.2, -0.15) is 0 Å². The number of ether oxygens (including phenoxy) is 2. The molecule has 0 aromatic heterocycles. The Morgan fingerprint density at radius 1 is 1.04 bits per heavy atom.